The van der Waals surface area contributed by atoms with E-state index in [0.717, 1.165) is 6.42 Å². The largest absolute Gasteiger partial charge is 0.489 e. The zero-order valence-electron chi connectivity index (χ0n) is 13.9. The van der Waals surface area contributed by atoms with Crippen molar-refractivity contribution < 1.29 is 9.66 Å². The summed E-state index contributed by atoms with van der Waals surface area (Å²) in [5.74, 6) is 0.585. The Kier molecular flexibility index (Phi) is 6.15. The minimum atomic E-state index is -0.490. The molecule has 6 heteroatoms. The second-order valence-corrected chi connectivity index (χ2v) is 5.91. The number of benzene rings is 2. The standard InChI is InChI=1S/C19H17ClN2O3/c1-3-13(2)25-19-8-7-14(10-18(19)20)9-16(12-21)15-5-4-6-17(11-15)22(23)24/h4-11,13H,3H2,1-2H3/b16-9-/t13-/m1/s1. The molecule has 1 atom stereocenters. The zero-order valence-corrected chi connectivity index (χ0v) is 14.7. The first-order valence-electron chi connectivity index (χ1n) is 7.77. The number of non-ortho nitro benzene ring substituents is 1. The van der Waals surface area contributed by atoms with Gasteiger partial charge >= 0.3 is 0 Å². The van der Waals surface area contributed by atoms with Gasteiger partial charge in [-0.3, -0.25) is 10.1 Å². The third-order valence-electron chi connectivity index (χ3n) is 3.66. The van der Waals surface area contributed by atoms with Crippen LogP contribution in [0.25, 0.3) is 11.6 Å². The van der Waals surface area contributed by atoms with E-state index in [1.165, 1.54) is 12.1 Å². The van der Waals surface area contributed by atoms with Crippen molar-refractivity contribution in [2.45, 2.75) is 26.4 Å². The van der Waals surface area contributed by atoms with Crippen LogP contribution in [0.4, 0.5) is 5.69 Å². The molecule has 0 amide bonds. The highest BCUT2D eigenvalue weighted by Gasteiger charge is 2.10. The van der Waals surface area contributed by atoms with E-state index in [1.807, 2.05) is 13.8 Å². The van der Waals surface area contributed by atoms with Crippen LogP contribution in [0.2, 0.25) is 5.02 Å². The Bertz CT molecular complexity index is 856. The Balaban J connectivity index is 2.34. The van der Waals surface area contributed by atoms with Gasteiger partial charge in [0.2, 0.25) is 0 Å². The van der Waals surface area contributed by atoms with Crippen molar-refractivity contribution >= 4 is 28.9 Å². The monoisotopic (exact) mass is 356 g/mol. The van der Waals surface area contributed by atoms with Gasteiger partial charge in [0.15, 0.2) is 0 Å². The molecule has 0 radical (unpaired) electrons. The summed E-state index contributed by atoms with van der Waals surface area (Å²) < 4.78 is 5.71. The number of nitro groups is 1. The van der Waals surface area contributed by atoms with E-state index < -0.39 is 4.92 Å². The predicted octanol–water partition coefficient (Wildman–Crippen LogP) is 5.49. The van der Waals surface area contributed by atoms with Gasteiger partial charge in [-0.25, -0.2) is 0 Å². The summed E-state index contributed by atoms with van der Waals surface area (Å²) in [5, 5.41) is 20.7. The van der Waals surface area contributed by atoms with Crippen molar-refractivity contribution in [2.24, 2.45) is 0 Å². The summed E-state index contributed by atoms with van der Waals surface area (Å²) in [6.07, 6.45) is 2.56. The molecule has 0 aliphatic rings. The van der Waals surface area contributed by atoms with Gasteiger partial charge in [-0.05, 0) is 42.7 Å². The molecule has 0 bridgehead atoms. The molecule has 0 fully saturated rings. The van der Waals surface area contributed by atoms with E-state index in [-0.39, 0.29) is 11.8 Å². The number of halogens is 1. The summed E-state index contributed by atoms with van der Waals surface area (Å²) in [4.78, 5) is 10.4. The first kappa shape index (κ1) is 18.5. The molecular formula is C19H17ClN2O3. The number of hydrogen-bond acceptors (Lipinski definition) is 4. The van der Waals surface area contributed by atoms with Gasteiger partial charge in [-0.15, -0.1) is 0 Å². The highest BCUT2D eigenvalue weighted by molar-refractivity contribution is 6.32. The van der Waals surface area contributed by atoms with Gasteiger partial charge in [0.1, 0.15) is 5.75 Å². The van der Waals surface area contributed by atoms with Crippen LogP contribution in [-0.2, 0) is 0 Å². The van der Waals surface area contributed by atoms with Crippen LogP contribution in [0.5, 0.6) is 5.75 Å². The van der Waals surface area contributed by atoms with Crippen LogP contribution < -0.4 is 4.74 Å². The van der Waals surface area contributed by atoms with Crippen molar-refractivity contribution in [1.29, 1.82) is 5.26 Å². The van der Waals surface area contributed by atoms with Crippen molar-refractivity contribution in [3.63, 3.8) is 0 Å². The smallest absolute Gasteiger partial charge is 0.270 e. The quantitative estimate of drug-likeness (QED) is 0.297. The third kappa shape index (κ3) is 4.82. The maximum Gasteiger partial charge on any atom is 0.270 e. The van der Waals surface area contributed by atoms with Gasteiger partial charge in [-0.2, -0.15) is 5.26 Å². The van der Waals surface area contributed by atoms with Crippen molar-refractivity contribution in [3.05, 3.63) is 68.7 Å². The molecule has 0 saturated carbocycles. The first-order chi connectivity index (χ1) is 11.9. The van der Waals surface area contributed by atoms with Gasteiger partial charge in [0.05, 0.1) is 27.7 Å². The van der Waals surface area contributed by atoms with Crippen LogP contribution in [0.1, 0.15) is 31.4 Å². The lowest BCUT2D eigenvalue weighted by atomic mass is 10.0. The second kappa shape index (κ2) is 8.32. The molecule has 5 nitrogen and oxygen atoms in total. The van der Waals surface area contributed by atoms with E-state index in [4.69, 9.17) is 16.3 Å². The van der Waals surface area contributed by atoms with Crippen LogP contribution in [0.3, 0.4) is 0 Å². The minimum Gasteiger partial charge on any atom is -0.489 e. The Morgan fingerprint density at radius 1 is 1.40 bits per heavy atom. The summed E-state index contributed by atoms with van der Waals surface area (Å²) in [7, 11) is 0. The first-order valence-corrected chi connectivity index (χ1v) is 8.15. The molecule has 0 saturated heterocycles. The summed E-state index contributed by atoms with van der Waals surface area (Å²) in [5.41, 5.74) is 1.45. The summed E-state index contributed by atoms with van der Waals surface area (Å²) in [6, 6.07) is 13.3. The average molecular weight is 357 g/mol. The van der Waals surface area contributed by atoms with E-state index >= 15 is 0 Å². The van der Waals surface area contributed by atoms with Crippen LogP contribution in [0, 0.1) is 21.4 Å². The molecule has 0 unspecified atom stereocenters. The van der Waals surface area contributed by atoms with Crippen LogP contribution in [-0.4, -0.2) is 11.0 Å². The fraction of sp³-hybridized carbons (Fsp3) is 0.211. The van der Waals surface area contributed by atoms with Gasteiger partial charge < -0.3 is 4.74 Å². The maximum atomic E-state index is 10.9. The summed E-state index contributed by atoms with van der Waals surface area (Å²) in [6.45, 7) is 3.98. The zero-order chi connectivity index (χ0) is 18.4. The number of nitro benzene ring substituents is 1. The topological polar surface area (TPSA) is 76.2 Å². The SMILES string of the molecule is CC[C@@H](C)Oc1ccc(/C=C(/C#N)c2cccc([N+](=O)[O-])c2)cc1Cl. The molecular weight excluding hydrogens is 340 g/mol. The number of nitrogens with zero attached hydrogens (tertiary/aromatic N) is 2. The fourth-order valence-electron chi connectivity index (χ4n) is 2.14. The summed E-state index contributed by atoms with van der Waals surface area (Å²) >= 11 is 6.24. The molecule has 0 N–H and O–H groups in total. The molecule has 0 heterocycles. The molecule has 0 aliphatic heterocycles. The van der Waals surface area contributed by atoms with Crippen LogP contribution >= 0.6 is 11.6 Å². The van der Waals surface area contributed by atoms with Gasteiger partial charge in [-0.1, -0.05) is 36.7 Å². The Morgan fingerprint density at radius 3 is 2.76 bits per heavy atom. The fourth-order valence-corrected chi connectivity index (χ4v) is 2.37. The molecule has 2 rings (SSSR count). The lowest BCUT2D eigenvalue weighted by molar-refractivity contribution is -0.384. The number of ether oxygens (including phenoxy) is 1. The van der Waals surface area contributed by atoms with E-state index in [0.29, 0.717) is 27.5 Å². The van der Waals surface area contributed by atoms with Gasteiger partial charge in [0.25, 0.3) is 5.69 Å². The third-order valence-corrected chi connectivity index (χ3v) is 3.95. The van der Waals surface area contributed by atoms with Gasteiger partial charge in [0, 0.05) is 12.1 Å². The maximum absolute atomic E-state index is 10.9. The highest BCUT2D eigenvalue weighted by atomic mass is 35.5. The minimum absolute atomic E-state index is 0.0541. The number of nitriles is 1. The Labute approximate surface area is 151 Å². The molecule has 0 aromatic heterocycles. The molecule has 128 valence electrons. The number of allylic oxidation sites excluding steroid dienone is 1. The second-order valence-electron chi connectivity index (χ2n) is 5.50. The highest BCUT2D eigenvalue weighted by Crippen LogP contribution is 2.29. The molecule has 2 aromatic rings. The van der Waals surface area contributed by atoms with E-state index in [9.17, 15) is 15.4 Å². The average Bonchev–Trinajstić information content (AvgIpc) is 2.61. The molecule has 2 aromatic carbocycles. The van der Waals surface area contributed by atoms with Crippen molar-refractivity contribution in [3.8, 4) is 11.8 Å². The molecule has 0 spiro atoms. The molecule has 0 aliphatic carbocycles. The predicted molar refractivity (Wildman–Crippen MR) is 98.4 cm³/mol. The lowest BCUT2D eigenvalue weighted by Gasteiger charge is -2.14. The van der Waals surface area contributed by atoms with Crippen LogP contribution in [0.15, 0.2) is 42.5 Å². The van der Waals surface area contributed by atoms with Crippen molar-refractivity contribution in [2.75, 3.05) is 0 Å². The van der Waals surface area contributed by atoms with E-state index in [1.54, 1.807) is 36.4 Å². The Hall–Kier alpha value is -2.84. The number of hydrogen-bond donors (Lipinski definition) is 0. The lowest BCUT2D eigenvalue weighted by Crippen LogP contribution is -2.09. The number of rotatable bonds is 6. The molecule has 25 heavy (non-hydrogen) atoms. The normalized spacial score (nSPS) is 12.3. The van der Waals surface area contributed by atoms with Crippen molar-refractivity contribution in [1.82, 2.24) is 0 Å². The van der Waals surface area contributed by atoms with E-state index in [2.05, 4.69) is 6.07 Å². The Morgan fingerprint density at radius 2 is 2.16 bits per heavy atom.